The largest absolute Gasteiger partial charge is 0.330 e. The van der Waals surface area contributed by atoms with Crippen LogP contribution in [0.25, 0.3) is 0 Å². The number of imidazole rings is 1. The Balaban J connectivity index is 2.05. The van der Waals surface area contributed by atoms with E-state index >= 15 is 0 Å². The van der Waals surface area contributed by atoms with Crippen LogP contribution in [0.2, 0.25) is 0 Å². The van der Waals surface area contributed by atoms with Gasteiger partial charge in [0.2, 0.25) is 0 Å². The summed E-state index contributed by atoms with van der Waals surface area (Å²) in [7, 11) is 0. The minimum atomic E-state index is 0.0837. The summed E-state index contributed by atoms with van der Waals surface area (Å²) in [5.74, 6) is 1.22. The number of nitrogens with zero attached hydrogens (tertiary/aromatic N) is 2. The van der Waals surface area contributed by atoms with Crippen LogP contribution in [0.3, 0.4) is 0 Å². The van der Waals surface area contributed by atoms with Gasteiger partial charge >= 0.3 is 0 Å². The standard InChI is InChI=1S/C12H21N3S/c1-3-16-11-5-4-10(6-11)15-8-14-7-12(15)9(2)13/h7-11H,3-6,13H2,1-2H3. The maximum atomic E-state index is 5.95. The Morgan fingerprint density at radius 1 is 1.62 bits per heavy atom. The summed E-state index contributed by atoms with van der Waals surface area (Å²) in [6.45, 7) is 4.27. The molecule has 4 heteroatoms. The number of thioether (sulfide) groups is 1. The third kappa shape index (κ3) is 2.43. The number of nitrogens with two attached hydrogens (primary N) is 1. The number of hydrogen-bond donors (Lipinski definition) is 1. The maximum absolute atomic E-state index is 5.95. The van der Waals surface area contributed by atoms with Crippen molar-refractivity contribution in [2.24, 2.45) is 5.73 Å². The van der Waals surface area contributed by atoms with Crippen molar-refractivity contribution in [1.29, 1.82) is 0 Å². The van der Waals surface area contributed by atoms with E-state index in [1.54, 1.807) is 0 Å². The molecular formula is C12H21N3S. The second kappa shape index (κ2) is 5.23. The molecule has 1 aromatic rings. The van der Waals surface area contributed by atoms with Crippen LogP contribution >= 0.6 is 11.8 Å². The van der Waals surface area contributed by atoms with E-state index in [-0.39, 0.29) is 6.04 Å². The molecular weight excluding hydrogens is 218 g/mol. The van der Waals surface area contributed by atoms with Crippen molar-refractivity contribution in [3.05, 3.63) is 18.2 Å². The van der Waals surface area contributed by atoms with Gasteiger partial charge in [0, 0.05) is 23.5 Å². The third-order valence-electron chi connectivity index (χ3n) is 3.32. The summed E-state index contributed by atoms with van der Waals surface area (Å²) >= 11 is 2.09. The van der Waals surface area contributed by atoms with E-state index in [1.165, 1.54) is 30.7 Å². The van der Waals surface area contributed by atoms with Crippen molar-refractivity contribution in [3.63, 3.8) is 0 Å². The molecule has 2 rings (SSSR count). The van der Waals surface area contributed by atoms with Gasteiger partial charge in [-0.05, 0) is 31.9 Å². The van der Waals surface area contributed by atoms with Crippen molar-refractivity contribution in [2.75, 3.05) is 5.75 Å². The van der Waals surface area contributed by atoms with Crippen molar-refractivity contribution in [2.45, 2.75) is 50.4 Å². The van der Waals surface area contributed by atoms with Crippen LogP contribution in [-0.4, -0.2) is 20.6 Å². The fourth-order valence-electron chi connectivity index (χ4n) is 2.53. The molecule has 0 radical (unpaired) electrons. The Morgan fingerprint density at radius 2 is 2.44 bits per heavy atom. The molecule has 90 valence electrons. The first-order valence-electron chi connectivity index (χ1n) is 6.11. The van der Waals surface area contributed by atoms with Gasteiger partial charge in [-0.25, -0.2) is 4.98 Å². The SMILES string of the molecule is CCSC1CCC(n2cncc2C(C)N)C1. The normalized spacial score (nSPS) is 27.2. The van der Waals surface area contributed by atoms with Gasteiger partial charge in [-0.2, -0.15) is 11.8 Å². The lowest BCUT2D eigenvalue weighted by Crippen LogP contribution is -2.15. The molecule has 1 aliphatic rings. The van der Waals surface area contributed by atoms with Gasteiger partial charge in [0.15, 0.2) is 0 Å². The summed E-state index contributed by atoms with van der Waals surface area (Å²) in [6.07, 6.45) is 7.73. The van der Waals surface area contributed by atoms with Crippen molar-refractivity contribution in [3.8, 4) is 0 Å². The van der Waals surface area contributed by atoms with Gasteiger partial charge in [-0.3, -0.25) is 0 Å². The predicted octanol–water partition coefficient (Wildman–Crippen LogP) is 2.75. The molecule has 3 unspecified atom stereocenters. The topological polar surface area (TPSA) is 43.8 Å². The van der Waals surface area contributed by atoms with Crippen LogP contribution in [-0.2, 0) is 0 Å². The molecule has 3 atom stereocenters. The zero-order chi connectivity index (χ0) is 11.5. The molecule has 1 heterocycles. The Kier molecular flexibility index (Phi) is 3.92. The quantitative estimate of drug-likeness (QED) is 0.878. The second-order valence-electron chi connectivity index (χ2n) is 4.56. The lowest BCUT2D eigenvalue weighted by atomic mass is 10.2. The highest BCUT2D eigenvalue weighted by molar-refractivity contribution is 7.99. The minimum absolute atomic E-state index is 0.0837. The van der Waals surface area contributed by atoms with Crippen LogP contribution in [0.15, 0.2) is 12.5 Å². The van der Waals surface area contributed by atoms with E-state index in [1.807, 2.05) is 19.4 Å². The summed E-state index contributed by atoms with van der Waals surface area (Å²) in [4.78, 5) is 4.24. The van der Waals surface area contributed by atoms with Gasteiger partial charge < -0.3 is 10.3 Å². The Hall–Kier alpha value is -0.480. The van der Waals surface area contributed by atoms with E-state index in [4.69, 9.17) is 5.73 Å². The number of hydrogen-bond acceptors (Lipinski definition) is 3. The van der Waals surface area contributed by atoms with E-state index in [0.717, 1.165) is 5.25 Å². The van der Waals surface area contributed by atoms with E-state index in [9.17, 15) is 0 Å². The Bertz CT molecular complexity index is 335. The molecule has 0 spiro atoms. The highest BCUT2D eigenvalue weighted by atomic mass is 32.2. The van der Waals surface area contributed by atoms with Crippen LogP contribution in [0.5, 0.6) is 0 Å². The monoisotopic (exact) mass is 239 g/mol. The third-order valence-corrected chi connectivity index (χ3v) is 4.55. The highest BCUT2D eigenvalue weighted by Gasteiger charge is 2.27. The first-order chi connectivity index (χ1) is 7.72. The molecule has 1 saturated carbocycles. The van der Waals surface area contributed by atoms with Crippen LogP contribution < -0.4 is 5.73 Å². The molecule has 0 amide bonds. The molecule has 0 aromatic carbocycles. The Labute approximate surface area is 102 Å². The highest BCUT2D eigenvalue weighted by Crippen LogP contribution is 2.37. The van der Waals surface area contributed by atoms with Crippen molar-refractivity contribution in [1.82, 2.24) is 9.55 Å². The van der Waals surface area contributed by atoms with E-state index in [0.29, 0.717) is 6.04 Å². The molecule has 16 heavy (non-hydrogen) atoms. The van der Waals surface area contributed by atoms with E-state index in [2.05, 4.69) is 28.2 Å². The lowest BCUT2D eigenvalue weighted by molar-refractivity contribution is 0.489. The fourth-order valence-corrected chi connectivity index (χ4v) is 3.66. The van der Waals surface area contributed by atoms with Crippen molar-refractivity contribution < 1.29 is 0 Å². The molecule has 1 aliphatic carbocycles. The molecule has 2 N–H and O–H groups in total. The molecule has 0 saturated heterocycles. The van der Waals surface area contributed by atoms with Gasteiger partial charge in [-0.15, -0.1) is 0 Å². The lowest BCUT2D eigenvalue weighted by Gasteiger charge is -2.17. The minimum Gasteiger partial charge on any atom is -0.330 e. The average Bonchev–Trinajstić information content (AvgIpc) is 2.83. The summed E-state index contributed by atoms with van der Waals surface area (Å²) < 4.78 is 2.29. The first kappa shape index (κ1) is 12.0. The summed E-state index contributed by atoms with van der Waals surface area (Å²) in [6, 6.07) is 0.702. The van der Waals surface area contributed by atoms with Crippen LogP contribution in [0.4, 0.5) is 0 Å². The fraction of sp³-hybridized carbons (Fsp3) is 0.750. The number of rotatable bonds is 4. The zero-order valence-corrected chi connectivity index (χ0v) is 10.9. The molecule has 1 fully saturated rings. The van der Waals surface area contributed by atoms with Gasteiger partial charge in [0.25, 0.3) is 0 Å². The molecule has 1 aromatic heterocycles. The molecule has 3 nitrogen and oxygen atoms in total. The van der Waals surface area contributed by atoms with E-state index < -0.39 is 0 Å². The van der Waals surface area contributed by atoms with Gasteiger partial charge in [0.05, 0.1) is 12.0 Å². The average molecular weight is 239 g/mol. The Morgan fingerprint density at radius 3 is 3.12 bits per heavy atom. The molecule has 0 bridgehead atoms. The maximum Gasteiger partial charge on any atom is 0.0951 e. The zero-order valence-electron chi connectivity index (χ0n) is 10.1. The van der Waals surface area contributed by atoms with Crippen LogP contribution in [0.1, 0.15) is 50.9 Å². The number of aromatic nitrogens is 2. The summed E-state index contributed by atoms with van der Waals surface area (Å²) in [5.41, 5.74) is 7.13. The van der Waals surface area contributed by atoms with Gasteiger partial charge in [0.1, 0.15) is 0 Å². The smallest absolute Gasteiger partial charge is 0.0951 e. The second-order valence-corrected chi connectivity index (χ2v) is 6.14. The first-order valence-corrected chi connectivity index (χ1v) is 7.16. The predicted molar refractivity (Wildman–Crippen MR) is 69.6 cm³/mol. The van der Waals surface area contributed by atoms with Gasteiger partial charge in [-0.1, -0.05) is 6.92 Å². The summed E-state index contributed by atoms with van der Waals surface area (Å²) in [5, 5.41) is 0.832. The molecule has 0 aliphatic heterocycles. The van der Waals surface area contributed by atoms with Crippen molar-refractivity contribution >= 4 is 11.8 Å². The van der Waals surface area contributed by atoms with Crippen LogP contribution in [0, 0.1) is 0 Å².